The molecule has 0 saturated carbocycles. The summed E-state index contributed by atoms with van der Waals surface area (Å²) in [5, 5.41) is 4.98. The Balaban J connectivity index is 1.89. The standard InChI is InChI=1S/C21H31N7O4S/c1-3-5-7-10-26(16-17(22)27(9-6-4-2)20(32)25-18(16)30)15(29)12-14-13-33-21(24-14)28-11-8-23-19(28)31/h13H,3-12,22H2,1-2H3,(H,23,31)(H,25,30,32). The molecule has 33 heavy (non-hydrogen) atoms. The summed E-state index contributed by atoms with van der Waals surface area (Å²) in [5.41, 5.74) is 5.50. The van der Waals surface area contributed by atoms with Gasteiger partial charge in [0.2, 0.25) is 5.91 Å². The lowest BCUT2D eigenvalue weighted by atomic mass is 10.2. The second-order valence-corrected chi connectivity index (χ2v) is 8.77. The Bertz CT molecular complexity index is 1110. The third kappa shape index (κ3) is 5.62. The third-order valence-corrected chi connectivity index (χ3v) is 6.38. The zero-order chi connectivity index (χ0) is 24.0. The van der Waals surface area contributed by atoms with Crippen molar-refractivity contribution in [1.82, 2.24) is 19.9 Å². The number of aromatic nitrogens is 3. The summed E-state index contributed by atoms with van der Waals surface area (Å²) in [4.78, 5) is 59.9. The minimum Gasteiger partial charge on any atom is -0.383 e. The molecule has 0 atom stereocenters. The number of unbranched alkanes of at least 4 members (excludes halogenated alkanes) is 3. The van der Waals surface area contributed by atoms with Crippen molar-refractivity contribution in [2.75, 3.05) is 35.2 Å². The number of nitrogens with two attached hydrogens (primary N) is 1. The van der Waals surface area contributed by atoms with Crippen molar-refractivity contribution < 1.29 is 9.59 Å². The van der Waals surface area contributed by atoms with Crippen LogP contribution in [0.5, 0.6) is 0 Å². The number of carbonyl (C=O) groups is 2. The molecule has 0 radical (unpaired) electrons. The van der Waals surface area contributed by atoms with Gasteiger partial charge in [0, 0.05) is 31.6 Å². The van der Waals surface area contributed by atoms with Crippen molar-refractivity contribution in [2.24, 2.45) is 0 Å². The van der Waals surface area contributed by atoms with Gasteiger partial charge >= 0.3 is 11.7 Å². The summed E-state index contributed by atoms with van der Waals surface area (Å²) < 4.78 is 1.31. The number of hydrogen-bond acceptors (Lipinski definition) is 7. The Morgan fingerprint density at radius 2 is 1.97 bits per heavy atom. The molecule has 0 unspecified atom stereocenters. The molecule has 1 aliphatic heterocycles. The number of nitrogen functional groups attached to an aromatic ring is 1. The van der Waals surface area contributed by atoms with E-state index in [2.05, 4.69) is 15.3 Å². The van der Waals surface area contributed by atoms with Gasteiger partial charge < -0.3 is 16.0 Å². The van der Waals surface area contributed by atoms with Gasteiger partial charge in [-0.3, -0.25) is 24.0 Å². The fraction of sp³-hybridized carbons (Fsp3) is 0.571. The average molecular weight is 478 g/mol. The zero-order valence-corrected chi connectivity index (χ0v) is 19.9. The first-order valence-electron chi connectivity index (χ1n) is 11.3. The SMILES string of the molecule is CCCCCN(C(=O)Cc1csc(N2CCNC2=O)n1)c1c(N)n(CCCC)c(=O)[nH]c1=O. The molecule has 0 spiro atoms. The lowest BCUT2D eigenvalue weighted by molar-refractivity contribution is -0.118. The molecule has 1 aliphatic rings. The van der Waals surface area contributed by atoms with Crippen LogP contribution in [0.25, 0.3) is 0 Å². The van der Waals surface area contributed by atoms with E-state index in [1.165, 1.54) is 25.7 Å². The largest absolute Gasteiger partial charge is 0.383 e. The first-order chi connectivity index (χ1) is 15.9. The molecule has 0 aliphatic carbocycles. The van der Waals surface area contributed by atoms with E-state index in [4.69, 9.17) is 5.73 Å². The van der Waals surface area contributed by atoms with Crippen LogP contribution in [-0.2, 0) is 17.8 Å². The van der Waals surface area contributed by atoms with Gasteiger partial charge in [-0.25, -0.2) is 14.6 Å². The monoisotopic (exact) mass is 477 g/mol. The second-order valence-electron chi connectivity index (χ2n) is 7.93. The molecular formula is C21H31N7O4S. The molecule has 12 heteroatoms. The molecule has 3 rings (SSSR count). The molecule has 1 saturated heterocycles. The van der Waals surface area contributed by atoms with Crippen LogP contribution in [0.1, 0.15) is 51.6 Å². The van der Waals surface area contributed by atoms with Crippen molar-refractivity contribution in [3.8, 4) is 0 Å². The van der Waals surface area contributed by atoms with Gasteiger partial charge in [0.1, 0.15) is 5.82 Å². The van der Waals surface area contributed by atoms with Gasteiger partial charge in [0.25, 0.3) is 5.56 Å². The van der Waals surface area contributed by atoms with Gasteiger partial charge in [0.15, 0.2) is 10.8 Å². The van der Waals surface area contributed by atoms with Crippen LogP contribution in [0.15, 0.2) is 15.0 Å². The van der Waals surface area contributed by atoms with Crippen LogP contribution in [0.4, 0.5) is 21.4 Å². The van der Waals surface area contributed by atoms with E-state index >= 15 is 0 Å². The molecule has 0 aromatic carbocycles. The van der Waals surface area contributed by atoms with Gasteiger partial charge in [0.05, 0.1) is 12.1 Å². The van der Waals surface area contributed by atoms with Gasteiger partial charge in [-0.05, 0) is 12.8 Å². The van der Waals surface area contributed by atoms with Crippen LogP contribution in [0.3, 0.4) is 0 Å². The minimum atomic E-state index is -0.678. The average Bonchev–Trinajstić information content (AvgIpc) is 3.40. The Morgan fingerprint density at radius 3 is 2.64 bits per heavy atom. The predicted molar refractivity (Wildman–Crippen MR) is 129 cm³/mol. The molecule has 0 bridgehead atoms. The van der Waals surface area contributed by atoms with Crippen LogP contribution < -0.4 is 32.1 Å². The maximum atomic E-state index is 13.3. The van der Waals surface area contributed by atoms with E-state index in [0.717, 1.165) is 19.3 Å². The Morgan fingerprint density at radius 1 is 1.21 bits per heavy atom. The summed E-state index contributed by atoms with van der Waals surface area (Å²) in [6, 6.07) is -0.211. The lowest BCUT2D eigenvalue weighted by Crippen LogP contribution is -2.42. The topological polar surface area (TPSA) is 146 Å². The molecule has 1 fully saturated rings. The van der Waals surface area contributed by atoms with E-state index < -0.39 is 11.2 Å². The number of hydrogen-bond donors (Lipinski definition) is 3. The van der Waals surface area contributed by atoms with Crippen LogP contribution in [-0.4, -0.2) is 46.1 Å². The molecule has 2 aromatic heterocycles. The Hall–Kier alpha value is -3.15. The van der Waals surface area contributed by atoms with Gasteiger partial charge in [-0.1, -0.05) is 33.1 Å². The zero-order valence-electron chi connectivity index (χ0n) is 19.1. The number of carbonyl (C=O) groups excluding carboxylic acids is 2. The Kier molecular flexibility index (Phi) is 8.26. The maximum Gasteiger partial charge on any atom is 0.330 e. The fourth-order valence-electron chi connectivity index (χ4n) is 3.66. The summed E-state index contributed by atoms with van der Waals surface area (Å²) in [6.07, 6.45) is 4.02. The number of thiazole rings is 1. The molecule has 2 aromatic rings. The highest BCUT2D eigenvalue weighted by Gasteiger charge is 2.27. The highest BCUT2D eigenvalue weighted by atomic mass is 32.1. The van der Waals surface area contributed by atoms with Crippen molar-refractivity contribution in [1.29, 1.82) is 0 Å². The third-order valence-electron chi connectivity index (χ3n) is 5.47. The highest BCUT2D eigenvalue weighted by Crippen LogP contribution is 2.24. The lowest BCUT2D eigenvalue weighted by Gasteiger charge is -2.24. The molecule has 4 N–H and O–H groups in total. The smallest absolute Gasteiger partial charge is 0.330 e. The Labute approximate surface area is 195 Å². The summed E-state index contributed by atoms with van der Waals surface area (Å²) >= 11 is 1.29. The molecule has 180 valence electrons. The quantitative estimate of drug-likeness (QED) is 0.420. The van der Waals surface area contributed by atoms with Crippen molar-refractivity contribution in [3.05, 3.63) is 31.9 Å². The predicted octanol–water partition coefficient (Wildman–Crippen LogP) is 1.67. The van der Waals surface area contributed by atoms with Gasteiger partial charge in [-0.15, -0.1) is 11.3 Å². The number of amides is 3. The maximum absolute atomic E-state index is 13.3. The number of rotatable bonds is 11. The summed E-state index contributed by atoms with van der Waals surface area (Å²) in [6.45, 7) is 5.76. The second kappa shape index (κ2) is 11.1. The van der Waals surface area contributed by atoms with Crippen LogP contribution in [0.2, 0.25) is 0 Å². The number of nitrogens with one attached hydrogen (secondary N) is 2. The summed E-state index contributed by atoms with van der Waals surface area (Å²) in [5.74, 6) is -0.346. The molecule has 3 amide bonds. The number of H-pyrrole nitrogens is 1. The first-order valence-corrected chi connectivity index (χ1v) is 12.2. The van der Waals surface area contributed by atoms with Crippen LogP contribution in [0, 0.1) is 0 Å². The number of urea groups is 1. The van der Waals surface area contributed by atoms with E-state index in [1.54, 1.807) is 5.38 Å². The first kappa shape index (κ1) is 24.5. The van der Waals surface area contributed by atoms with Crippen molar-refractivity contribution in [3.63, 3.8) is 0 Å². The normalized spacial score (nSPS) is 13.4. The number of nitrogens with zero attached hydrogens (tertiary/aromatic N) is 4. The van der Waals surface area contributed by atoms with Crippen molar-refractivity contribution in [2.45, 2.75) is 58.9 Å². The van der Waals surface area contributed by atoms with Gasteiger partial charge in [-0.2, -0.15) is 0 Å². The van der Waals surface area contributed by atoms with E-state index in [1.807, 2.05) is 13.8 Å². The molecule has 3 heterocycles. The number of aromatic amines is 1. The van der Waals surface area contributed by atoms with Crippen molar-refractivity contribution >= 4 is 39.9 Å². The van der Waals surface area contributed by atoms with E-state index in [-0.39, 0.29) is 29.9 Å². The summed E-state index contributed by atoms with van der Waals surface area (Å²) in [7, 11) is 0. The van der Waals surface area contributed by atoms with E-state index in [0.29, 0.717) is 49.8 Å². The number of anilines is 3. The highest BCUT2D eigenvalue weighted by molar-refractivity contribution is 7.14. The molecular weight excluding hydrogens is 446 g/mol. The van der Waals surface area contributed by atoms with Crippen LogP contribution >= 0.6 is 11.3 Å². The minimum absolute atomic E-state index is 0.00109. The van der Waals surface area contributed by atoms with E-state index in [9.17, 15) is 19.2 Å². The fourth-order valence-corrected chi connectivity index (χ4v) is 4.51. The molecule has 11 nitrogen and oxygen atoms in total.